The summed E-state index contributed by atoms with van der Waals surface area (Å²) in [6.07, 6.45) is -0.787. The van der Waals surface area contributed by atoms with Gasteiger partial charge < -0.3 is 9.64 Å². The van der Waals surface area contributed by atoms with E-state index in [-0.39, 0.29) is 18.4 Å². The summed E-state index contributed by atoms with van der Waals surface area (Å²) in [6, 6.07) is 6.44. The van der Waals surface area contributed by atoms with Crippen LogP contribution in [0.2, 0.25) is 5.02 Å². The van der Waals surface area contributed by atoms with Crippen molar-refractivity contribution >= 4 is 17.5 Å². The first-order valence-electron chi connectivity index (χ1n) is 9.34. The number of aromatic nitrogens is 4. The molecular formula is C20H19ClF3N5O2. The number of alkyl halides is 3. The van der Waals surface area contributed by atoms with Crippen molar-refractivity contribution in [2.24, 2.45) is 0 Å². The minimum Gasteiger partial charge on any atom is -0.475 e. The minimum absolute atomic E-state index is 0.0382. The number of halogens is 4. The highest BCUT2D eigenvalue weighted by molar-refractivity contribution is 6.31. The van der Waals surface area contributed by atoms with Crippen LogP contribution in [0, 0.1) is 0 Å². The van der Waals surface area contributed by atoms with Gasteiger partial charge in [0.15, 0.2) is 0 Å². The number of benzene rings is 1. The Morgan fingerprint density at radius 2 is 1.94 bits per heavy atom. The Morgan fingerprint density at radius 1 is 1.23 bits per heavy atom. The second-order valence-electron chi connectivity index (χ2n) is 6.61. The third kappa shape index (κ3) is 5.32. The van der Waals surface area contributed by atoms with Gasteiger partial charge >= 0.3 is 6.18 Å². The molecule has 0 fully saturated rings. The van der Waals surface area contributed by atoms with Gasteiger partial charge in [0, 0.05) is 23.8 Å². The van der Waals surface area contributed by atoms with E-state index in [0.29, 0.717) is 29.0 Å². The number of rotatable bonds is 7. The number of hydrogen-bond acceptors (Lipinski definition) is 5. The van der Waals surface area contributed by atoms with E-state index in [1.807, 2.05) is 6.92 Å². The van der Waals surface area contributed by atoms with Crippen LogP contribution in [0.4, 0.5) is 13.2 Å². The fourth-order valence-electron chi connectivity index (χ4n) is 2.93. The van der Waals surface area contributed by atoms with Gasteiger partial charge in [-0.3, -0.25) is 4.79 Å². The highest BCUT2D eigenvalue weighted by Gasteiger charge is 2.31. The number of likely N-dealkylation sites (N-methyl/N-ethyl adjacent to an activating group) is 1. The van der Waals surface area contributed by atoms with Crippen molar-refractivity contribution in [3.63, 3.8) is 0 Å². The molecule has 0 N–H and O–H groups in total. The Kier molecular flexibility index (Phi) is 6.79. The van der Waals surface area contributed by atoms with Crippen LogP contribution in [0.1, 0.15) is 29.8 Å². The maximum atomic E-state index is 13.2. The number of ether oxygens (including phenoxy) is 1. The van der Waals surface area contributed by atoms with Crippen LogP contribution in [-0.2, 0) is 6.18 Å². The normalized spacial score (nSPS) is 12.5. The van der Waals surface area contributed by atoms with Crippen LogP contribution in [0.3, 0.4) is 0 Å². The maximum Gasteiger partial charge on any atom is 0.417 e. The number of pyridine rings is 1. The number of amides is 1. The molecule has 1 amide bonds. The van der Waals surface area contributed by atoms with Crippen molar-refractivity contribution in [2.45, 2.75) is 26.1 Å². The van der Waals surface area contributed by atoms with Crippen molar-refractivity contribution < 1.29 is 22.7 Å². The lowest BCUT2D eigenvalue weighted by Crippen LogP contribution is -2.42. The first kappa shape index (κ1) is 22.5. The Hall–Kier alpha value is -3.14. The first-order valence-corrected chi connectivity index (χ1v) is 9.71. The maximum absolute atomic E-state index is 13.2. The summed E-state index contributed by atoms with van der Waals surface area (Å²) in [7, 11) is 0. The molecule has 0 spiro atoms. The Bertz CT molecular complexity index is 1030. The third-order valence-electron chi connectivity index (χ3n) is 4.49. The Labute approximate surface area is 181 Å². The van der Waals surface area contributed by atoms with Crippen molar-refractivity contribution in [1.82, 2.24) is 24.9 Å². The van der Waals surface area contributed by atoms with Crippen molar-refractivity contribution in [1.29, 1.82) is 0 Å². The lowest BCUT2D eigenvalue weighted by molar-refractivity contribution is -0.137. The van der Waals surface area contributed by atoms with Crippen LogP contribution in [0.5, 0.6) is 5.88 Å². The monoisotopic (exact) mass is 453 g/mol. The predicted octanol–water partition coefficient (Wildman–Crippen LogP) is 4.26. The lowest BCUT2D eigenvalue weighted by Gasteiger charge is -2.28. The molecule has 3 aromatic rings. The second kappa shape index (κ2) is 9.34. The largest absolute Gasteiger partial charge is 0.475 e. The molecule has 1 unspecified atom stereocenters. The topological polar surface area (TPSA) is 73.1 Å². The molecular weight excluding hydrogens is 435 g/mol. The van der Waals surface area contributed by atoms with Gasteiger partial charge in [-0.15, -0.1) is 0 Å². The van der Waals surface area contributed by atoms with E-state index in [9.17, 15) is 18.0 Å². The molecule has 7 nitrogen and oxygen atoms in total. The zero-order valence-corrected chi connectivity index (χ0v) is 17.4. The van der Waals surface area contributed by atoms with Gasteiger partial charge in [0.25, 0.3) is 5.91 Å². The number of hydrogen-bond donors (Lipinski definition) is 0. The molecule has 11 heteroatoms. The summed E-state index contributed by atoms with van der Waals surface area (Å²) in [5, 5.41) is 8.56. The second-order valence-corrected chi connectivity index (χ2v) is 7.05. The Balaban J connectivity index is 1.74. The molecule has 31 heavy (non-hydrogen) atoms. The van der Waals surface area contributed by atoms with Crippen LogP contribution in [-0.4, -0.2) is 50.0 Å². The fourth-order valence-corrected chi connectivity index (χ4v) is 3.10. The number of carbonyl (C=O) groups is 1. The van der Waals surface area contributed by atoms with E-state index < -0.39 is 17.8 Å². The molecule has 0 radical (unpaired) electrons. The zero-order chi connectivity index (χ0) is 22.6. The van der Waals surface area contributed by atoms with E-state index in [4.69, 9.17) is 16.3 Å². The summed E-state index contributed by atoms with van der Waals surface area (Å²) in [5.41, 5.74) is -0.0822. The van der Waals surface area contributed by atoms with Crippen molar-refractivity contribution in [3.8, 4) is 11.6 Å². The SMILES string of the molecule is CCN(C(=O)c1ccc(Cl)cc1-n1nccn1)C(C)COc1ccc(C(F)(F)F)cn1. The predicted molar refractivity (Wildman–Crippen MR) is 107 cm³/mol. The van der Waals surface area contributed by atoms with Gasteiger partial charge in [0.2, 0.25) is 5.88 Å². The molecule has 2 heterocycles. The summed E-state index contributed by atoms with van der Waals surface area (Å²) in [4.78, 5) is 19.8. The highest BCUT2D eigenvalue weighted by Crippen LogP contribution is 2.29. The molecule has 0 saturated heterocycles. The smallest absolute Gasteiger partial charge is 0.417 e. The first-order chi connectivity index (χ1) is 14.7. The van der Waals surface area contributed by atoms with Gasteiger partial charge in [-0.1, -0.05) is 11.6 Å². The molecule has 3 rings (SSSR count). The molecule has 1 atom stereocenters. The average molecular weight is 454 g/mol. The molecule has 0 aliphatic carbocycles. The molecule has 0 saturated carbocycles. The van der Waals surface area contributed by atoms with E-state index >= 15 is 0 Å². The molecule has 0 bridgehead atoms. The summed E-state index contributed by atoms with van der Waals surface area (Å²) >= 11 is 6.08. The van der Waals surface area contributed by atoms with Crippen LogP contribution in [0.25, 0.3) is 5.69 Å². The van der Waals surface area contributed by atoms with Gasteiger partial charge in [-0.05, 0) is 38.1 Å². The van der Waals surface area contributed by atoms with Crippen molar-refractivity contribution in [2.75, 3.05) is 13.2 Å². The molecule has 164 valence electrons. The Morgan fingerprint density at radius 3 is 2.52 bits per heavy atom. The van der Waals surface area contributed by atoms with Crippen LogP contribution in [0.15, 0.2) is 48.9 Å². The standard InChI is InChI=1S/C20H19ClF3N5O2/c1-3-28(13(2)12-31-18-7-4-14(11-25-18)20(22,23)24)19(30)16-6-5-15(21)10-17(16)29-26-8-9-27-29/h4-11,13H,3,12H2,1-2H3. The van der Waals surface area contributed by atoms with Crippen LogP contribution < -0.4 is 4.74 Å². The van der Waals surface area contributed by atoms with Crippen LogP contribution >= 0.6 is 11.6 Å². The summed E-state index contributed by atoms with van der Waals surface area (Å²) in [5.74, 6) is -0.251. The summed E-state index contributed by atoms with van der Waals surface area (Å²) < 4.78 is 43.5. The molecule has 0 aliphatic heterocycles. The minimum atomic E-state index is -4.47. The number of nitrogens with zero attached hydrogens (tertiary/aromatic N) is 5. The van der Waals surface area contributed by atoms with E-state index in [2.05, 4.69) is 15.2 Å². The fraction of sp³-hybridized carbons (Fsp3) is 0.300. The molecule has 0 aliphatic rings. The molecule has 2 aromatic heterocycles. The highest BCUT2D eigenvalue weighted by atomic mass is 35.5. The molecule has 1 aromatic carbocycles. The third-order valence-corrected chi connectivity index (χ3v) is 4.73. The van der Waals surface area contributed by atoms with E-state index in [1.165, 1.54) is 17.2 Å². The van der Waals surface area contributed by atoms with E-state index in [0.717, 1.165) is 12.1 Å². The van der Waals surface area contributed by atoms with Gasteiger partial charge in [0.1, 0.15) is 6.61 Å². The van der Waals surface area contributed by atoms with Gasteiger partial charge in [0.05, 0.1) is 35.2 Å². The quantitative estimate of drug-likeness (QED) is 0.534. The van der Waals surface area contributed by atoms with Gasteiger partial charge in [-0.2, -0.15) is 28.2 Å². The van der Waals surface area contributed by atoms with E-state index in [1.54, 1.807) is 30.0 Å². The van der Waals surface area contributed by atoms with Crippen molar-refractivity contribution in [3.05, 3.63) is 65.1 Å². The summed E-state index contributed by atoms with van der Waals surface area (Å²) in [6.45, 7) is 4.00. The number of carbonyl (C=O) groups excluding carboxylic acids is 1. The van der Waals surface area contributed by atoms with Gasteiger partial charge in [-0.25, -0.2) is 4.98 Å². The average Bonchev–Trinajstić information content (AvgIpc) is 3.27. The zero-order valence-electron chi connectivity index (χ0n) is 16.7. The lowest BCUT2D eigenvalue weighted by atomic mass is 10.1.